The van der Waals surface area contributed by atoms with E-state index in [1.54, 1.807) is 23.3 Å². The Labute approximate surface area is 111 Å². The van der Waals surface area contributed by atoms with Crippen LogP contribution >= 0.6 is 0 Å². The van der Waals surface area contributed by atoms with E-state index in [-0.39, 0.29) is 0 Å². The monoisotopic (exact) mass is 262 g/mol. The van der Waals surface area contributed by atoms with Crippen LogP contribution in [-0.4, -0.2) is 31.0 Å². The highest BCUT2D eigenvalue weighted by Crippen LogP contribution is 2.09. The van der Waals surface area contributed by atoms with Gasteiger partial charge in [-0.25, -0.2) is 10.8 Å². The minimum absolute atomic E-state index is 0.311. The molecule has 8 heteroatoms. The number of aromatic nitrogens is 5. The van der Waals surface area contributed by atoms with Gasteiger partial charge in [0.05, 0.1) is 0 Å². The van der Waals surface area contributed by atoms with Gasteiger partial charge in [0, 0.05) is 18.9 Å². The zero-order valence-corrected chi connectivity index (χ0v) is 11.0. The molecule has 0 aliphatic rings. The van der Waals surface area contributed by atoms with Crippen molar-refractivity contribution in [3.63, 3.8) is 0 Å². The molecule has 2 heterocycles. The number of hydrogen-bond acceptors (Lipinski definition) is 7. The molecule has 2 aromatic heterocycles. The standard InChI is InChI=1S/C11H18N8/c1-3-8(2)6-14-9-15-10(18-12)17-11(16-9)19-5-4-13-7-19/h4-5,7-8H,3,6,12H2,1-2H3,(H2,14,15,16,17,18). The minimum atomic E-state index is 0.311. The van der Waals surface area contributed by atoms with Crippen molar-refractivity contribution in [1.29, 1.82) is 0 Å². The van der Waals surface area contributed by atoms with E-state index in [0.29, 0.717) is 23.8 Å². The van der Waals surface area contributed by atoms with Crippen molar-refractivity contribution in [2.45, 2.75) is 20.3 Å². The predicted molar refractivity (Wildman–Crippen MR) is 72.7 cm³/mol. The van der Waals surface area contributed by atoms with Crippen LogP contribution in [-0.2, 0) is 0 Å². The Morgan fingerprint density at radius 3 is 2.74 bits per heavy atom. The number of anilines is 2. The molecule has 0 aliphatic heterocycles. The number of nitrogens with two attached hydrogens (primary N) is 1. The van der Waals surface area contributed by atoms with E-state index >= 15 is 0 Å². The van der Waals surface area contributed by atoms with Gasteiger partial charge in [0.1, 0.15) is 6.33 Å². The Balaban J connectivity index is 2.21. The van der Waals surface area contributed by atoms with Crippen LogP contribution in [0.25, 0.3) is 5.95 Å². The molecule has 0 fully saturated rings. The number of hydrogen-bond donors (Lipinski definition) is 3. The van der Waals surface area contributed by atoms with Crippen molar-refractivity contribution in [3.8, 4) is 5.95 Å². The molecule has 2 rings (SSSR count). The molecule has 0 bridgehead atoms. The lowest BCUT2D eigenvalue weighted by molar-refractivity contribution is 0.591. The molecular weight excluding hydrogens is 244 g/mol. The highest BCUT2D eigenvalue weighted by molar-refractivity contribution is 5.37. The third-order valence-corrected chi connectivity index (χ3v) is 2.79. The van der Waals surface area contributed by atoms with Gasteiger partial charge in [-0.2, -0.15) is 15.0 Å². The molecule has 2 aromatic rings. The van der Waals surface area contributed by atoms with Crippen LogP contribution < -0.4 is 16.6 Å². The molecule has 4 N–H and O–H groups in total. The molecule has 0 aromatic carbocycles. The first-order chi connectivity index (χ1) is 9.22. The van der Waals surface area contributed by atoms with Crippen LogP contribution in [0.5, 0.6) is 0 Å². The number of hydrazine groups is 1. The van der Waals surface area contributed by atoms with Gasteiger partial charge < -0.3 is 5.32 Å². The molecule has 1 unspecified atom stereocenters. The third kappa shape index (κ3) is 3.38. The summed E-state index contributed by atoms with van der Waals surface area (Å²) in [6.07, 6.45) is 6.13. The van der Waals surface area contributed by atoms with Gasteiger partial charge in [0.25, 0.3) is 0 Å². The second kappa shape index (κ2) is 6.10. The quantitative estimate of drug-likeness (QED) is 0.522. The highest BCUT2D eigenvalue weighted by atomic mass is 15.4. The summed E-state index contributed by atoms with van der Waals surface area (Å²) in [6.45, 7) is 5.10. The van der Waals surface area contributed by atoms with Gasteiger partial charge in [-0.05, 0) is 5.92 Å². The molecule has 0 saturated carbocycles. The Morgan fingerprint density at radius 2 is 2.11 bits per heavy atom. The summed E-state index contributed by atoms with van der Waals surface area (Å²) in [6, 6.07) is 0. The minimum Gasteiger partial charge on any atom is -0.354 e. The number of nitrogen functional groups attached to an aromatic ring is 1. The first kappa shape index (κ1) is 13.2. The molecule has 19 heavy (non-hydrogen) atoms. The summed E-state index contributed by atoms with van der Waals surface area (Å²) >= 11 is 0. The lowest BCUT2D eigenvalue weighted by Gasteiger charge is -2.11. The van der Waals surface area contributed by atoms with Crippen LogP contribution in [0.2, 0.25) is 0 Å². The van der Waals surface area contributed by atoms with Gasteiger partial charge in [-0.3, -0.25) is 9.99 Å². The Hall–Kier alpha value is -2.22. The van der Waals surface area contributed by atoms with E-state index in [0.717, 1.165) is 13.0 Å². The SMILES string of the molecule is CCC(C)CNc1nc(NN)nc(-n2ccnc2)n1. The van der Waals surface area contributed by atoms with Crippen molar-refractivity contribution in [2.75, 3.05) is 17.3 Å². The van der Waals surface area contributed by atoms with Gasteiger partial charge >= 0.3 is 0 Å². The second-order valence-corrected chi connectivity index (χ2v) is 4.29. The first-order valence-corrected chi connectivity index (χ1v) is 6.17. The normalized spacial score (nSPS) is 12.2. The first-order valence-electron chi connectivity index (χ1n) is 6.17. The van der Waals surface area contributed by atoms with E-state index < -0.39 is 0 Å². The summed E-state index contributed by atoms with van der Waals surface area (Å²) in [7, 11) is 0. The summed E-state index contributed by atoms with van der Waals surface area (Å²) in [5.74, 6) is 7.18. The molecule has 0 aliphatic carbocycles. The second-order valence-electron chi connectivity index (χ2n) is 4.29. The van der Waals surface area contributed by atoms with Gasteiger partial charge in [-0.1, -0.05) is 20.3 Å². The molecule has 8 nitrogen and oxygen atoms in total. The van der Waals surface area contributed by atoms with Crippen molar-refractivity contribution in [1.82, 2.24) is 24.5 Å². The lowest BCUT2D eigenvalue weighted by Crippen LogP contribution is -2.17. The fourth-order valence-corrected chi connectivity index (χ4v) is 1.41. The average molecular weight is 262 g/mol. The van der Waals surface area contributed by atoms with Crippen LogP contribution in [0.1, 0.15) is 20.3 Å². The maximum atomic E-state index is 5.37. The molecule has 102 valence electrons. The lowest BCUT2D eigenvalue weighted by atomic mass is 10.1. The van der Waals surface area contributed by atoms with Crippen LogP contribution in [0.4, 0.5) is 11.9 Å². The van der Waals surface area contributed by atoms with Crippen molar-refractivity contribution >= 4 is 11.9 Å². The third-order valence-electron chi connectivity index (χ3n) is 2.79. The summed E-state index contributed by atoms with van der Waals surface area (Å²) in [4.78, 5) is 16.6. The maximum Gasteiger partial charge on any atom is 0.243 e. The van der Waals surface area contributed by atoms with E-state index in [4.69, 9.17) is 5.84 Å². The molecule has 0 saturated heterocycles. The van der Waals surface area contributed by atoms with Gasteiger partial charge in [0.15, 0.2) is 0 Å². The molecular formula is C11H18N8. The van der Waals surface area contributed by atoms with E-state index in [2.05, 4.69) is 44.5 Å². The maximum absolute atomic E-state index is 5.37. The number of imidazole rings is 1. The van der Waals surface area contributed by atoms with E-state index in [1.165, 1.54) is 0 Å². The number of nitrogens with one attached hydrogen (secondary N) is 2. The van der Waals surface area contributed by atoms with Crippen LogP contribution in [0.15, 0.2) is 18.7 Å². The van der Waals surface area contributed by atoms with E-state index in [1.807, 2.05) is 0 Å². The molecule has 1 atom stereocenters. The summed E-state index contributed by atoms with van der Waals surface area (Å²) in [5.41, 5.74) is 2.44. The zero-order chi connectivity index (χ0) is 13.7. The number of nitrogens with zero attached hydrogens (tertiary/aromatic N) is 5. The van der Waals surface area contributed by atoms with Crippen molar-refractivity contribution < 1.29 is 0 Å². The van der Waals surface area contributed by atoms with Crippen LogP contribution in [0, 0.1) is 5.92 Å². The van der Waals surface area contributed by atoms with Crippen molar-refractivity contribution in [2.24, 2.45) is 11.8 Å². The highest BCUT2D eigenvalue weighted by Gasteiger charge is 2.08. The Kier molecular flexibility index (Phi) is 4.24. The fourth-order valence-electron chi connectivity index (χ4n) is 1.41. The molecule has 0 amide bonds. The predicted octanol–water partition coefficient (Wildman–Crippen LogP) is 0.801. The molecule has 0 spiro atoms. The Bertz CT molecular complexity index is 509. The van der Waals surface area contributed by atoms with E-state index in [9.17, 15) is 0 Å². The van der Waals surface area contributed by atoms with Crippen molar-refractivity contribution in [3.05, 3.63) is 18.7 Å². The van der Waals surface area contributed by atoms with Gasteiger partial charge in [0.2, 0.25) is 17.8 Å². The molecule has 0 radical (unpaired) electrons. The summed E-state index contributed by atoms with van der Waals surface area (Å²) < 4.78 is 1.69. The van der Waals surface area contributed by atoms with Crippen LogP contribution in [0.3, 0.4) is 0 Å². The largest absolute Gasteiger partial charge is 0.354 e. The summed E-state index contributed by atoms with van der Waals surface area (Å²) in [5, 5.41) is 3.18. The Morgan fingerprint density at radius 1 is 1.32 bits per heavy atom. The fraction of sp³-hybridized carbons (Fsp3) is 0.455. The smallest absolute Gasteiger partial charge is 0.243 e. The average Bonchev–Trinajstić information content (AvgIpc) is 2.98. The number of rotatable bonds is 6. The zero-order valence-electron chi connectivity index (χ0n) is 11.0. The topological polar surface area (TPSA) is 107 Å². The van der Waals surface area contributed by atoms with Gasteiger partial charge in [-0.15, -0.1) is 0 Å².